The van der Waals surface area contributed by atoms with Gasteiger partial charge in [-0.15, -0.1) is 0 Å². The number of benzene rings is 1. The van der Waals surface area contributed by atoms with E-state index < -0.39 is 0 Å². The number of hydrogen-bond acceptors (Lipinski definition) is 3. The van der Waals surface area contributed by atoms with Gasteiger partial charge in [0.15, 0.2) is 0 Å². The van der Waals surface area contributed by atoms with E-state index >= 15 is 0 Å². The van der Waals surface area contributed by atoms with Crippen LogP contribution < -0.4 is 10.2 Å². The van der Waals surface area contributed by atoms with Crippen LogP contribution in [0.1, 0.15) is 18.4 Å². The van der Waals surface area contributed by atoms with Crippen LogP contribution in [-0.4, -0.2) is 61.0 Å². The number of hydrogen-bond donors (Lipinski definition) is 2. The second-order valence-electron chi connectivity index (χ2n) is 7.97. The number of anilines is 1. The highest BCUT2D eigenvalue weighted by molar-refractivity contribution is 7.07. The number of carbonyl (C=O) groups excluding carboxylic acids is 2. The molecule has 2 aliphatic heterocycles. The zero-order valence-electron chi connectivity index (χ0n) is 16.7. The van der Waals surface area contributed by atoms with Gasteiger partial charge in [-0.2, -0.15) is 11.3 Å². The van der Waals surface area contributed by atoms with Crippen molar-refractivity contribution in [3.8, 4) is 0 Å². The Labute approximate surface area is 176 Å². The van der Waals surface area contributed by atoms with Gasteiger partial charge in [0.05, 0.1) is 32.1 Å². The molecule has 154 valence electrons. The van der Waals surface area contributed by atoms with Crippen LogP contribution in [0.15, 0.2) is 47.2 Å². The van der Waals surface area contributed by atoms with Crippen LogP contribution in [0.4, 0.5) is 10.5 Å². The molecule has 1 aromatic carbocycles. The van der Waals surface area contributed by atoms with E-state index in [4.69, 9.17) is 0 Å². The summed E-state index contributed by atoms with van der Waals surface area (Å²) in [6, 6.07) is 11.6. The third kappa shape index (κ3) is 5.16. The molecule has 1 aromatic heterocycles. The quantitative estimate of drug-likeness (QED) is 0.805. The number of rotatable bonds is 4. The summed E-state index contributed by atoms with van der Waals surface area (Å²) >= 11 is 1.74. The Kier molecular flexibility index (Phi) is 6.46. The second kappa shape index (κ2) is 9.41. The number of piperazine rings is 1. The van der Waals surface area contributed by atoms with Crippen LogP contribution in [0.2, 0.25) is 0 Å². The highest BCUT2D eigenvalue weighted by atomic mass is 32.1. The molecule has 0 spiro atoms. The minimum absolute atomic E-state index is 0.0799. The highest BCUT2D eigenvalue weighted by Crippen LogP contribution is 2.20. The minimum atomic E-state index is -0.112. The molecule has 0 saturated carbocycles. The fraction of sp³-hybridized carbons (Fsp3) is 0.455. The third-order valence-corrected chi connectivity index (χ3v) is 6.63. The van der Waals surface area contributed by atoms with Crippen molar-refractivity contribution >= 4 is 29.0 Å². The second-order valence-corrected chi connectivity index (χ2v) is 8.75. The first kappa shape index (κ1) is 19.9. The molecule has 2 fully saturated rings. The topological polar surface area (TPSA) is 57.1 Å². The summed E-state index contributed by atoms with van der Waals surface area (Å²) in [7, 11) is 0. The van der Waals surface area contributed by atoms with Crippen molar-refractivity contribution in [2.45, 2.75) is 19.4 Å². The summed E-state index contributed by atoms with van der Waals surface area (Å²) in [5, 5.41) is 7.27. The van der Waals surface area contributed by atoms with Crippen molar-refractivity contribution in [1.82, 2.24) is 9.80 Å². The average molecular weight is 414 g/mol. The monoisotopic (exact) mass is 413 g/mol. The Balaban J connectivity index is 1.27. The highest BCUT2D eigenvalue weighted by Gasteiger charge is 2.33. The molecule has 1 atom stereocenters. The maximum Gasteiger partial charge on any atom is 0.321 e. The number of nitrogens with one attached hydrogen (secondary N) is 2. The van der Waals surface area contributed by atoms with Gasteiger partial charge in [0, 0.05) is 24.3 Å². The molecule has 0 radical (unpaired) electrons. The Hall–Kier alpha value is -2.38. The van der Waals surface area contributed by atoms with E-state index in [0.717, 1.165) is 51.3 Å². The largest absolute Gasteiger partial charge is 0.331 e. The summed E-state index contributed by atoms with van der Waals surface area (Å²) < 4.78 is 0. The molecule has 2 N–H and O–H groups in total. The van der Waals surface area contributed by atoms with E-state index in [1.807, 2.05) is 35.2 Å². The average Bonchev–Trinajstić information content (AvgIpc) is 3.28. The van der Waals surface area contributed by atoms with Gasteiger partial charge in [0.2, 0.25) is 5.91 Å². The number of para-hydroxylation sites is 1. The van der Waals surface area contributed by atoms with Crippen LogP contribution in [-0.2, 0) is 11.3 Å². The van der Waals surface area contributed by atoms with Crippen LogP contribution >= 0.6 is 11.3 Å². The normalized spacial score (nSPS) is 20.5. The lowest BCUT2D eigenvalue weighted by Crippen LogP contribution is -3.13. The summed E-state index contributed by atoms with van der Waals surface area (Å²) in [5.41, 5.74) is 2.17. The van der Waals surface area contributed by atoms with Gasteiger partial charge in [-0.3, -0.25) is 4.79 Å². The zero-order chi connectivity index (χ0) is 20.1. The SMILES string of the molecule is O=C(Nc1ccccc1)N1CCC[C@@H](C(=O)N2CC[NH+](Cc3ccsc3)CC2)C1. The number of amides is 3. The third-order valence-electron chi connectivity index (χ3n) is 5.90. The molecule has 0 bridgehead atoms. The van der Waals surface area contributed by atoms with E-state index in [-0.39, 0.29) is 17.9 Å². The molecule has 4 rings (SSSR count). The standard InChI is InChI=1S/C22H28N4O2S/c27-21(25-12-10-24(11-13-25)15-18-8-14-29-17-18)19-5-4-9-26(16-19)22(28)23-20-6-2-1-3-7-20/h1-3,6-8,14,17,19H,4-5,9-13,15-16H2,(H,23,28)/p+1/t19-/m1/s1. The van der Waals surface area contributed by atoms with Gasteiger partial charge in [-0.25, -0.2) is 4.79 Å². The molecule has 2 aromatic rings. The van der Waals surface area contributed by atoms with Crippen LogP contribution in [0.25, 0.3) is 0 Å². The molecule has 0 aliphatic carbocycles. The molecular weight excluding hydrogens is 384 g/mol. The number of nitrogens with zero attached hydrogens (tertiary/aromatic N) is 2. The number of thiophene rings is 1. The molecule has 3 amide bonds. The number of likely N-dealkylation sites (tertiary alicyclic amines) is 1. The smallest absolute Gasteiger partial charge is 0.321 e. The van der Waals surface area contributed by atoms with Crippen molar-refractivity contribution < 1.29 is 14.5 Å². The van der Waals surface area contributed by atoms with Crippen LogP contribution in [0, 0.1) is 5.92 Å². The van der Waals surface area contributed by atoms with Gasteiger partial charge < -0.3 is 20.0 Å². The molecule has 29 heavy (non-hydrogen) atoms. The molecule has 7 heteroatoms. The van der Waals surface area contributed by atoms with Crippen molar-refractivity contribution in [3.05, 3.63) is 52.7 Å². The van der Waals surface area contributed by atoms with Crippen LogP contribution in [0.3, 0.4) is 0 Å². The van der Waals surface area contributed by atoms with Crippen molar-refractivity contribution in [2.75, 3.05) is 44.6 Å². The van der Waals surface area contributed by atoms with E-state index in [9.17, 15) is 9.59 Å². The lowest BCUT2D eigenvalue weighted by atomic mass is 9.96. The van der Waals surface area contributed by atoms with Crippen molar-refractivity contribution in [3.63, 3.8) is 0 Å². The predicted molar refractivity (Wildman–Crippen MR) is 115 cm³/mol. The summed E-state index contributed by atoms with van der Waals surface area (Å²) in [4.78, 5) is 31.0. The summed E-state index contributed by atoms with van der Waals surface area (Å²) in [5.74, 6) is 0.139. The van der Waals surface area contributed by atoms with Crippen molar-refractivity contribution in [2.24, 2.45) is 5.92 Å². The van der Waals surface area contributed by atoms with E-state index in [1.165, 1.54) is 5.56 Å². The van der Waals surface area contributed by atoms with Gasteiger partial charge >= 0.3 is 6.03 Å². The Morgan fingerprint density at radius 3 is 2.59 bits per heavy atom. The van der Waals surface area contributed by atoms with Crippen molar-refractivity contribution in [1.29, 1.82) is 0 Å². The summed E-state index contributed by atoms with van der Waals surface area (Å²) in [6.07, 6.45) is 1.75. The van der Waals surface area contributed by atoms with Gasteiger partial charge in [0.1, 0.15) is 6.54 Å². The van der Waals surface area contributed by atoms with Crippen LogP contribution in [0.5, 0.6) is 0 Å². The van der Waals surface area contributed by atoms with E-state index in [1.54, 1.807) is 21.1 Å². The molecule has 3 heterocycles. The first-order valence-electron chi connectivity index (χ1n) is 10.4. The number of urea groups is 1. The lowest BCUT2D eigenvalue weighted by molar-refractivity contribution is -0.917. The Bertz CT molecular complexity index is 803. The molecule has 6 nitrogen and oxygen atoms in total. The lowest BCUT2D eigenvalue weighted by Gasteiger charge is -2.37. The molecule has 2 saturated heterocycles. The van der Waals surface area contributed by atoms with E-state index in [0.29, 0.717) is 13.1 Å². The van der Waals surface area contributed by atoms with Gasteiger partial charge in [-0.1, -0.05) is 18.2 Å². The zero-order valence-corrected chi connectivity index (χ0v) is 17.5. The maximum absolute atomic E-state index is 13.1. The first-order chi connectivity index (χ1) is 14.2. The fourth-order valence-electron chi connectivity index (χ4n) is 4.25. The van der Waals surface area contributed by atoms with Gasteiger partial charge in [-0.05, 0) is 41.8 Å². The summed E-state index contributed by atoms with van der Waals surface area (Å²) in [6.45, 7) is 5.87. The minimum Gasteiger partial charge on any atom is -0.331 e. The molecule has 2 aliphatic rings. The number of quaternary nitrogens is 1. The Morgan fingerprint density at radius 2 is 1.86 bits per heavy atom. The maximum atomic E-state index is 13.1. The molecular formula is C22H29N4O2S+. The van der Waals surface area contributed by atoms with Gasteiger partial charge in [0.25, 0.3) is 0 Å². The predicted octanol–water partition coefficient (Wildman–Crippen LogP) is 1.92. The molecule has 0 unspecified atom stereocenters. The first-order valence-corrected chi connectivity index (χ1v) is 11.4. The Morgan fingerprint density at radius 1 is 1.07 bits per heavy atom. The van der Waals surface area contributed by atoms with E-state index in [2.05, 4.69) is 22.1 Å². The number of piperidine rings is 1. The fourth-order valence-corrected chi connectivity index (χ4v) is 4.92. The number of carbonyl (C=O) groups is 2.